The monoisotopic (exact) mass is 352 g/mol. The molecule has 1 aliphatic rings. The predicted molar refractivity (Wildman–Crippen MR) is 94.9 cm³/mol. The van der Waals surface area contributed by atoms with E-state index in [-0.39, 0.29) is 0 Å². The van der Waals surface area contributed by atoms with Crippen LogP contribution in [-0.2, 0) is 14.3 Å². The van der Waals surface area contributed by atoms with Crippen molar-refractivity contribution in [3.63, 3.8) is 0 Å². The van der Waals surface area contributed by atoms with E-state index >= 15 is 0 Å². The highest BCUT2D eigenvalue weighted by molar-refractivity contribution is 6.27. The van der Waals surface area contributed by atoms with Crippen LogP contribution in [0.2, 0.25) is 0 Å². The van der Waals surface area contributed by atoms with Gasteiger partial charge in [-0.25, -0.2) is 9.59 Å². The van der Waals surface area contributed by atoms with Crippen LogP contribution in [0.25, 0.3) is 0 Å². The van der Waals surface area contributed by atoms with Gasteiger partial charge in [0.15, 0.2) is 0 Å². The van der Waals surface area contributed by atoms with Crippen molar-refractivity contribution in [1.82, 2.24) is 10.2 Å². The van der Waals surface area contributed by atoms with Crippen LogP contribution < -0.4 is 5.32 Å². The van der Waals surface area contributed by atoms with Crippen molar-refractivity contribution < 1.29 is 24.5 Å². The third-order valence-corrected chi connectivity index (χ3v) is 3.93. The molecule has 1 fully saturated rings. The lowest BCUT2D eigenvalue weighted by atomic mass is 10.0. The molecule has 0 spiro atoms. The fourth-order valence-corrected chi connectivity index (χ4v) is 2.47. The highest BCUT2D eigenvalue weighted by atomic mass is 16.5. The van der Waals surface area contributed by atoms with E-state index in [0.717, 1.165) is 39.4 Å². The number of morpholine rings is 1. The van der Waals surface area contributed by atoms with Gasteiger partial charge in [0, 0.05) is 19.6 Å². The molecule has 1 heterocycles. The zero-order valence-electron chi connectivity index (χ0n) is 14.7. The molecule has 1 aliphatic heterocycles. The molecule has 3 N–H and O–H groups in total. The van der Waals surface area contributed by atoms with E-state index in [0.29, 0.717) is 5.92 Å². The van der Waals surface area contributed by atoms with Gasteiger partial charge in [0.1, 0.15) is 0 Å². The molecule has 140 valence electrons. The highest BCUT2D eigenvalue weighted by Gasteiger charge is 2.09. The van der Waals surface area contributed by atoms with Crippen molar-refractivity contribution in [2.45, 2.75) is 19.3 Å². The maximum absolute atomic E-state index is 9.10. The topological polar surface area (TPSA) is 99.1 Å². The van der Waals surface area contributed by atoms with E-state index < -0.39 is 11.9 Å². The summed E-state index contributed by atoms with van der Waals surface area (Å²) in [5, 5.41) is 18.3. The van der Waals surface area contributed by atoms with E-state index in [1.165, 1.54) is 18.5 Å². The molecule has 0 radical (unpaired) electrons. The first-order valence-electron chi connectivity index (χ1n) is 8.52. The molecule has 0 bridgehead atoms. The summed E-state index contributed by atoms with van der Waals surface area (Å²) in [6.45, 7) is 9.64. The normalized spacial score (nSPS) is 15.7. The van der Waals surface area contributed by atoms with Gasteiger partial charge in [-0.1, -0.05) is 37.3 Å². The van der Waals surface area contributed by atoms with E-state index in [1.807, 2.05) is 0 Å². The van der Waals surface area contributed by atoms with Crippen LogP contribution >= 0.6 is 0 Å². The zero-order chi connectivity index (χ0) is 18.5. The smallest absolute Gasteiger partial charge is 0.414 e. The van der Waals surface area contributed by atoms with Crippen LogP contribution in [0.4, 0.5) is 0 Å². The Morgan fingerprint density at radius 2 is 1.76 bits per heavy atom. The SMILES string of the molecule is CC(CNCCCN1CCOCC1)c1ccccc1.O=C(O)C(=O)O. The first kappa shape index (κ1) is 21.1. The molecule has 1 aromatic carbocycles. The zero-order valence-corrected chi connectivity index (χ0v) is 14.7. The van der Waals surface area contributed by atoms with Crippen LogP contribution in [-0.4, -0.2) is 73.0 Å². The summed E-state index contributed by atoms with van der Waals surface area (Å²) in [6.07, 6.45) is 1.22. The Bertz CT molecular complexity index is 491. The minimum absolute atomic E-state index is 0.588. The van der Waals surface area contributed by atoms with Crippen molar-refractivity contribution in [3.05, 3.63) is 35.9 Å². The predicted octanol–water partition coefficient (Wildman–Crippen LogP) is 1.26. The molecule has 1 aromatic rings. The van der Waals surface area contributed by atoms with Crippen LogP contribution in [0.15, 0.2) is 30.3 Å². The molecular weight excluding hydrogens is 324 g/mol. The number of ether oxygens (including phenoxy) is 1. The number of hydrogen-bond donors (Lipinski definition) is 3. The second-order valence-electron chi connectivity index (χ2n) is 5.93. The summed E-state index contributed by atoms with van der Waals surface area (Å²) in [4.78, 5) is 20.7. The molecule has 0 amide bonds. The molecule has 1 saturated heterocycles. The van der Waals surface area contributed by atoms with E-state index in [2.05, 4.69) is 47.5 Å². The average Bonchev–Trinajstić information content (AvgIpc) is 2.63. The van der Waals surface area contributed by atoms with Crippen molar-refractivity contribution >= 4 is 11.9 Å². The summed E-state index contributed by atoms with van der Waals surface area (Å²) in [7, 11) is 0. The summed E-state index contributed by atoms with van der Waals surface area (Å²) in [6, 6.07) is 10.7. The third-order valence-electron chi connectivity index (χ3n) is 3.93. The fourth-order valence-electron chi connectivity index (χ4n) is 2.47. The Morgan fingerprint density at radius 1 is 1.16 bits per heavy atom. The van der Waals surface area contributed by atoms with Crippen molar-refractivity contribution in [1.29, 1.82) is 0 Å². The van der Waals surface area contributed by atoms with E-state index in [4.69, 9.17) is 24.5 Å². The van der Waals surface area contributed by atoms with Gasteiger partial charge >= 0.3 is 11.9 Å². The number of carboxylic acids is 2. The largest absolute Gasteiger partial charge is 0.473 e. The number of nitrogens with zero attached hydrogens (tertiary/aromatic N) is 1. The Balaban J connectivity index is 0.000000450. The second kappa shape index (κ2) is 12.4. The third kappa shape index (κ3) is 9.81. The van der Waals surface area contributed by atoms with Crippen LogP contribution in [0.1, 0.15) is 24.8 Å². The molecule has 7 nitrogen and oxygen atoms in total. The van der Waals surface area contributed by atoms with Gasteiger partial charge < -0.3 is 20.3 Å². The van der Waals surface area contributed by atoms with Gasteiger partial charge in [-0.15, -0.1) is 0 Å². The van der Waals surface area contributed by atoms with Gasteiger partial charge in [-0.05, 0) is 31.0 Å². The van der Waals surface area contributed by atoms with Gasteiger partial charge in [0.05, 0.1) is 13.2 Å². The molecule has 25 heavy (non-hydrogen) atoms. The molecule has 0 saturated carbocycles. The van der Waals surface area contributed by atoms with Crippen molar-refractivity contribution in [3.8, 4) is 0 Å². The van der Waals surface area contributed by atoms with E-state index in [9.17, 15) is 0 Å². The lowest BCUT2D eigenvalue weighted by Crippen LogP contribution is -2.37. The summed E-state index contributed by atoms with van der Waals surface area (Å²) in [5.74, 6) is -3.06. The molecule has 0 aromatic heterocycles. The first-order valence-corrected chi connectivity index (χ1v) is 8.52. The molecule has 1 unspecified atom stereocenters. The molecule has 1 atom stereocenters. The van der Waals surface area contributed by atoms with Crippen LogP contribution in [0.3, 0.4) is 0 Å². The molecular formula is C18H28N2O5. The first-order chi connectivity index (χ1) is 12.0. The number of rotatable bonds is 7. The second-order valence-corrected chi connectivity index (χ2v) is 5.93. The Kier molecular flexibility index (Phi) is 10.5. The lowest BCUT2D eigenvalue weighted by molar-refractivity contribution is -0.159. The minimum Gasteiger partial charge on any atom is -0.473 e. The average molecular weight is 352 g/mol. The quantitative estimate of drug-likeness (QED) is 0.502. The molecule has 0 aliphatic carbocycles. The summed E-state index contributed by atoms with van der Waals surface area (Å²) >= 11 is 0. The number of carboxylic acid groups (broad SMARTS) is 2. The number of carbonyl (C=O) groups is 2. The van der Waals surface area contributed by atoms with Crippen LogP contribution in [0, 0.1) is 0 Å². The number of benzene rings is 1. The minimum atomic E-state index is -1.82. The van der Waals surface area contributed by atoms with Gasteiger partial charge in [-0.3, -0.25) is 4.90 Å². The Hall–Kier alpha value is -1.96. The maximum Gasteiger partial charge on any atom is 0.414 e. The summed E-state index contributed by atoms with van der Waals surface area (Å²) in [5.41, 5.74) is 1.42. The number of aliphatic carboxylic acids is 2. The van der Waals surface area contributed by atoms with Gasteiger partial charge in [-0.2, -0.15) is 0 Å². The highest BCUT2D eigenvalue weighted by Crippen LogP contribution is 2.12. The summed E-state index contributed by atoms with van der Waals surface area (Å²) < 4.78 is 5.35. The Morgan fingerprint density at radius 3 is 2.32 bits per heavy atom. The number of nitrogens with one attached hydrogen (secondary N) is 1. The van der Waals surface area contributed by atoms with Crippen LogP contribution in [0.5, 0.6) is 0 Å². The molecule has 7 heteroatoms. The fraction of sp³-hybridized carbons (Fsp3) is 0.556. The lowest BCUT2D eigenvalue weighted by Gasteiger charge is -2.26. The standard InChI is InChI=1S/C16H26N2O.C2H2O4/c1-15(16-6-3-2-4-7-16)14-17-8-5-9-18-10-12-19-13-11-18;3-1(4)2(5)6/h2-4,6-7,15,17H,5,8-14H2,1H3;(H,3,4)(H,5,6). The molecule has 2 rings (SSSR count). The van der Waals surface area contributed by atoms with Crippen molar-refractivity contribution in [2.75, 3.05) is 45.9 Å². The number of hydrogen-bond acceptors (Lipinski definition) is 5. The van der Waals surface area contributed by atoms with Crippen molar-refractivity contribution in [2.24, 2.45) is 0 Å². The maximum atomic E-state index is 9.10. The Labute approximate surface area is 148 Å². The van der Waals surface area contributed by atoms with Gasteiger partial charge in [0.25, 0.3) is 0 Å². The van der Waals surface area contributed by atoms with E-state index in [1.54, 1.807) is 0 Å². The van der Waals surface area contributed by atoms with Gasteiger partial charge in [0.2, 0.25) is 0 Å².